The second kappa shape index (κ2) is 5.93. The predicted octanol–water partition coefficient (Wildman–Crippen LogP) is 4.00. The molecule has 0 N–H and O–H groups in total. The molecular formula is C17H16O. The molecule has 0 aromatic heterocycles. The Labute approximate surface area is 108 Å². The Hall–Kier alpha value is -2.20. The van der Waals surface area contributed by atoms with Gasteiger partial charge in [0.2, 0.25) is 0 Å². The Bertz CT molecular complexity index is 520. The molecule has 2 aromatic carbocycles. The summed E-state index contributed by atoms with van der Waals surface area (Å²) in [6.45, 7) is 2.60. The Morgan fingerprint density at radius 1 is 1.06 bits per heavy atom. The SMILES string of the molecule is C#CC(C)c1ccc(OCc2ccccc2)cc1. The zero-order valence-electron chi connectivity index (χ0n) is 10.5. The third kappa shape index (κ3) is 3.15. The molecule has 0 saturated carbocycles. The summed E-state index contributed by atoms with van der Waals surface area (Å²) in [5, 5.41) is 0. The molecule has 1 nitrogen and oxygen atoms in total. The van der Waals surface area contributed by atoms with Crippen LogP contribution in [0.15, 0.2) is 54.6 Å². The highest BCUT2D eigenvalue weighted by atomic mass is 16.5. The molecule has 90 valence electrons. The van der Waals surface area contributed by atoms with Gasteiger partial charge >= 0.3 is 0 Å². The zero-order valence-corrected chi connectivity index (χ0v) is 10.5. The molecule has 0 amide bonds. The molecule has 2 rings (SSSR count). The third-order valence-electron chi connectivity index (χ3n) is 2.88. The maximum absolute atomic E-state index is 5.71. The molecule has 0 radical (unpaired) electrons. The van der Waals surface area contributed by atoms with Gasteiger partial charge in [-0.25, -0.2) is 0 Å². The van der Waals surface area contributed by atoms with Gasteiger partial charge in [-0.05, 0) is 30.2 Å². The molecule has 1 heteroatoms. The van der Waals surface area contributed by atoms with Crippen LogP contribution in [0, 0.1) is 12.3 Å². The van der Waals surface area contributed by atoms with Crippen molar-refractivity contribution in [2.24, 2.45) is 0 Å². The summed E-state index contributed by atoms with van der Waals surface area (Å²) in [6.07, 6.45) is 5.40. The second-order valence-corrected chi connectivity index (χ2v) is 4.23. The second-order valence-electron chi connectivity index (χ2n) is 4.23. The van der Waals surface area contributed by atoms with E-state index in [2.05, 4.69) is 18.1 Å². The van der Waals surface area contributed by atoms with E-state index in [1.54, 1.807) is 0 Å². The van der Waals surface area contributed by atoms with E-state index >= 15 is 0 Å². The molecule has 18 heavy (non-hydrogen) atoms. The van der Waals surface area contributed by atoms with E-state index < -0.39 is 0 Å². The smallest absolute Gasteiger partial charge is 0.119 e. The van der Waals surface area contributed by atoms with Crippen LogP contribution in [0.5, 0.6) is 5.75 Å². The summed E-state index contributed by atoms with van der Waals surface area (Å²) >= 11 is 0. The standard InChI is InChI=1S/C17H16O/c1-3-14(2)16-9-11-17(12-10-16)18-13-15-7-5-4-6-8-15/h1,4-12,14H,13H2,2H3. The van der Waals surface area contributed by atoms with Crippen LogP contribution in [0.2, 0.25) is 0 Å². The van der Waals surface area contributed by atoms with E-state index in [4.69, 9.17) is 11.2 Å². The Morgan fingerprint density at radius 3 is 2.33 bits per heavy atom. The Kier molecular flexibility index (Phi) is 4.04. The maximum Gasteiger partial charge on any atom is 0.119 e. The van der Waals surface area contributed by atoms with Crippen molar-refractivity contribution in [3.05, 3.63) is 65.7 Å². The number of terminal acetylenes is 1. The van der Waals surface area contributed by atoms with Gasteiger partial charge in [0.25, 0.3) is 0 Å². The van der Waals surface area contributed by atoms with Crippen LogP contribution in [0.3, 0.4) is 0 Å². The molecule has 1 unspecified atom stereocenters. The zero-order chi connectivity index (χ0) is 12.8. The first kappa shape index (κ1) is 12.3. The molecule has 0 saturated heterocycles. The molecule has 2 aromatic rings. The highest BCUT2D eigenvalue weighted by Gasteiger charge is 2.01. The van der Waals surface area contributed by atoms with E-state index in [0.717, 1.165) is 11.3 Å². The number of rotatable bonds is 4. The monoisotopic (exact) mass is 236 g/mol. The summed E-state index contributed by atoms with van der Waals surface area (Å²) in [4.78, 5) is 0. The Morgan fingerprint density at radius 2 is 1.72 bits per heavy atom. The van der Waals surface area contributed by atoms with Crippen LogP contribution < -0.4 is 4.74 Å². The van der Waals surface area contributed by atoms with E-state index in [0.29, 0.717) is 6.61 Å². The lowest BCUT2D eigenvalue weighted by Crippen LogP contribution is -1.95. The third-order valence-corrected chi connectivity index (χ3v) is 2.88. The molecule has 0 fully saturated rings. The van der Waals surface area contributed by atoms with Crippen LogP contribution >= 0.6 is 0 Å². The van der Waals surface area contributed by atoms with E-state index in [1.165, 1.54) is 5.56 Å². The summed E-state index contributed by atoms with van der Waals surface area (Å²) in [5.74, 6) is 3.73. The fourth-order valence-electron chi connectivity index (χ4n) is 1.69. The van der Waals surface area contributed by atoms with Crippen molar-refractivity contribution in [2.45, 2.75) is 19.4 Å². The quantitative estimate of drug-likeness (QED) is 0.729. The topological polar surface area (TPSA) is 9.23 Å². The highest BCUT2D eigenvalue weighted by molar-refractivity contribution is 5.32. The number of benzene rings is 2. The van der Waals surface area contributed by atoms with Crippen LogP contribution in [0.25, 0.3) is 0 Å². The molecule has 0 aliphatic heterocycles. The summed E-state index contributed by atoms with van der Waals surface area (Å²) < 4.78 is 5.71. The van der Waals surface area contributed by atoms with Gasteiger partial charge in [0.1, 0.15) is 12.4 Å². The fraction of sp³-hybridized carbons (Fsp3) is 0.176. The van der Waals surface area contributed by atoms with Crippen molar-refractivity contribution in [3.63, 3.8) is 0 Å². The lowest BCUT2D eigenvalue weighted by atomic mass is 10.0. The first-order valence-electron chi connectivity index (χ1n) is 6.02. The molecule has 0 aliphatic rings. The van der Waals surface area contributed by atoms with Gasteiger partial charge in [0.05, 0.1) is 0 Å². The van der Waals surface area contributed by atoms with Crippen molar-refractivity contribution in [3.8, 4) is 18.1 Å². The lowest BCUT2D eigenvalue weighted by Gasteiger charge is -2.08. The molecule has 0 bridgehead atoms. The molecule has 0 heterocycles. The van der Waals surface area contributed by atoms with Crippen molar-refractivity contribution in [2.75, 3.05) is 0 Å². The largest absolute Gasteiger partial charge is 0.489 e. The van der Waals surface area contributed by atoms with Gasteiger partial charge in [-0.15, -0.1) is 6.42 Å². The first-order chi connectivity index (χ1) is 8.79. The highest BCUT2D eigenvalue weighted by Crippen LogP contribution is 2.19. The summed E-state index contributed by atoms with van der Waals surface area (Å²) in [6, 6.07) is 18.1. The van der Waals surface area contributed by atoms with Gasteiger partial charge in [-0.2, -0.15) is 0 Å². The van der Waals surface area contributed by atoms with Crippen LogP contribution in [-0.2, 0) is 6.61 Å². The predicted molar refractivity (Wildman–Crippen MR) is 74.5 cm³/mol. The van der Waals surface area contributed by atoms with Crippen LogP contribution in [0.1, 0.15) is 24.0 Å². The fourth-order valence-corrected chi connectivity index (χ4v) is 1.69. The number of hydrogen-bond donors (Lipinski definition) is 0. The maximum atomic E-state index is 5.71. The van der Waals surface area contributed by atoms with Crippen molar-refractivity contribution in [1.29, 1.82) is 0 Å². The van der Waals surface area contributed by atoms with Crippen LogP contribution in [-0.4, -0.2) is 0 Å². The van der Waals surface area contributed by atoms with E-state index in [1.807, 2.05) is 49.4 Å². The van der Waals surface area contributed by atoms with Crippen molar-refractivity contribution < 1.29 is 4.74 Å². The average molecular weight is 236 g/mol. The summed E-state index contributed by atoms with van der Waals surface area (Å²) in [5.41, 5.74) is 2.31. The minimum absolute atomic E-state index is 0.146. The van der Waals surface area contributed by atoms with Gasteiger partial charge < -0.3 is 4.74 Å². The average Bonchev–Trinajstić information content (AvgIpc) is 2.46. The van der Waals surface area contributed by atoms with Crippen molar-refractivity contribution in [1.82, 2.24) is 0 Å². The van der Waals surface area contributed by atoms with E-state index in [-0.39, 0.29) is 5.92 Å². The Balaban J connectivity index is 1.97. The van der Waals surface area contributed by atoms with E-state index in [9.17, 15) is 0 Å². The van der Waals surface area contributed by atoms with Gasteiger partial charge in [-0.1, -0.05) is 48.4 Å². The first-order valence-corrected chi connectivity index (χ1v) is 6.02. The number of hydrogen-bond acceptors (Lipinski definition) is 1. The van der Waals surface area contributed by atoms with Gasteiger partial charge in [0, 0.05) is 5.92 Å². The van der Waals surface area contributed by atoms with Gasteiger partial charge in [0.15, 0.2) is 0 Å². The van der Waals surface area contributed by atoms with Gasteiger partial charge in [-0.3, -0.25) is 0 Å². The normalized spacial score (nSPS) is 11.6. The molecular weight excluding hydrogens is 220 g/mol. The summed E-state index contributed by atoms with van der Waals surface area (Å²) in [7, 11) is 0. The molecule has 0 aliphatic carbocycles. The minimum atomic E-state index is 0.146. The minimum Gasteiger partial charge on any atom is -0.489 e. The van der Waals surface area contributed by atoms with Crippen molar-refractivity contribution >= 4 is 0 Å². The van der Waals surface area contributed by atoms with Crippen LogP contribution in [0.4, 0.5) is 0 Å². The number of ether oxygens (including phenoxy) is 1. The molecule has 1 atom stereocenters. The molecule has 0 spiro atoms. The lowest BCUT2D eigenvalue weighted by molar-refractivity contribution is 0.306.